The van der Waals surface area contributed by atoms with Crippen molar-refractivity contribution in [1.82, 2.24) is 9.97 Å². The van der Waals surface area contributed by atoms with Crippen molar-refractivity contribution in [2.45, 2.75) is 45.4 Å². The lowest BCUT2D eigenvalue weighted by Crippen LogP contribution is -2.01. The molecule has 2 N–H and O–H groups in total. The zero-order valence-corrected chi connectivity index (χ0v) is 9.03. The summed E-state index contributed by atoms with van der Waals surface area (Å²) >= 11 is 0. The van der Waals surface area contributed by atoms with E-state index in [0.717, 1.165) is 12.2 Å². The van der Waals surface area contributed by atoms with Crippen LogP contribution in [0, 0.1) is 0 Å². The van der Waals surface area contributed by atoms with Crippen molar-refractivity contribution in [1.29, 1.82) is 0 Å². The van der Waals surface area contributed by atoms with Gasteiger partial charge in [-0.1, -0.05) is 33.1 Å². The van der Waals surface area contributed by atoms with E-state index in [1.807, 2.05) is 0 Å². The molecule has 0 saturated carbocycles. The molecule has 14 heavy (non-hydrogen) atoms. The van der Waals surface area contributed by atoms with Gasteiger partial charge in [-0.2, -0.15) is 0 Å². The average molecular weight is 193 g/mol. The van der Waals surface area contributed by atoms with Crippen LogP contribution in [0.25, 0.3) is 0 Å². The summed E-state index contributed by atoms with van der Waals surface area (Å²) in [6.07, 6.45) is 8.33. The van der Waals surface area contributed by atoms with Crippen LogP contribution in [0.3, 0.4) is 0 Å². The summed E-state index contributed by atoms with van der Waals surface area (Å²) in [5, 5.41) is 0. The van der Waals surface area contributed by atoms with Crippen LogP contribution >= 0.6 is 0 Å². The van der Waals surface area contributed by atoms with Gasteiger partial charge < -0.3 is 5.73 Å². The Kier molecular flexibility index (Phi) is 4.36. The highest BCUT2D eigenvalue weighted by Crippen LogP contribution is 2.18. The van der Waals surface area contributed by atoms with Crippen LogP contribution < -0.4 is 5.73 Å². The van der Waals surface area contributed by atoms with Crippen LogP contribution in [-0.2, 0) is 0 Å². The third-order valence-electron chi connectivity index (χ3n) is 2.37. The molecule has 0 aliphatic rings. The molecule has 0 amide bonds. The van der Waals surface area contributed by atoms with Crippen molar-refractivity contribution in [3.05, 3.63) is 18.2 Å². The fraction of sp³-hybridized carbons (Fsp3) is 0.636. The quantitative estimate of drug-likeness (QED) is 0.731. The van der Waals surface area contributed by atoms with Crippen LogP contribution in [-0.4, -0.2) is 9.97 Å². The summed E-state index contributed by atoms with van der Waals surface area (Å²) in [5.41, 5.74) is 6.16. The second-order valence-electron chi connectivity index (χ2n) is 3.77. The Balaban J connectivity index is 2.43. The second-order valence-corrected chi connectivity index (χ2v) is 3.77. The lowest BCUT2D eigenvalue weighted by atomic mass is 10.0. The van der Waals surface area contributed by atoms with Crippen molar-refractivity contribution in [2.75, 3.05) is 5.73 Å². The zero-order chi connectivity index (χ0) is 10.4. The molecule has 0 saturated heterocycles. The van der Waals surface area contributed by atoms with Crippen molar-refractivity contribution < 1.29 is 0 Å². The maximum Gasteiger partial charge on any atom is 0.131 e. The van der Waals surface area contributed by atoms with E-state index >= 15 is 0 Å². The topological polar surface area (TPSA) is 51.8 Å². The number of hydrogen-bond donors (Lipinski definition) is 1. The lowest BCUT2D eigenvalue weighted by Gasteiger charge is -2.08. The molecule has 1 atom stereocenters. The standard InChI is InChI=1S/C11H19N3/c1-3-4-5-6-9(2)11-13-7-10(12)8-14-11/h7-9H,3-6,12H2,1-2H3. The van der Waals surface area contributed by atoms with Crippen LogP contribution in [0.2, 0.25) is 0 Å². The van der Waals surface area contributed by atoms with E-state index in [1.54, 1.807) is 12.4 Å². The van der Waals surface area contributed by atoms with E-state index in [0.29, 0.717) is 11.6 Å². The summed E-state index contributed by atoms with van der Waals surface area (Å²) < 4.78 is 0. The molecular weight excluding hydrogens is 174 g/mol. The van der Waals surface area contributed by atoms with Gasteiger partial charge in [-0.15, -0.1) is 0 Å². The maximum atomic E-state index is 5.52. The Morgan fingerprint density at radius 2 is 1.93 bits per heavy atom. The minimum atomic E-state index is 0.446. The monoisotopic (exact) mass is 193 g/mol. The van der Waals surface area contributed by atoms with Crippen molar-refractivity contribution in [3.8, 4) is 0 Å². The van der Waals surface area contributed by atoms with Crippen LogP contribution in [0.15, 0.2) is 12.4 Å². The minimum Gasteiger partial charge on any atom is -0.396 e. The number of anilines is 1. The molecule has 3 nitrogen and oxygen atoms in total. The number of rotatable bonds is 5. The minimum absolute atomic E-state index is 0.446. The third kappa shape index (κ3) is 3.32. The molecule has 0 radical (unpaired) electrons. The Morgan fingerprint density at radius 1 is 1.29 bits per heavy atom. The van der Waals surface area contributed by atoms with Gasteiger partial charge in [0, 0.05) is 5.92 Å². The smallest absolute Gasteiger partial charge is 0.131 e. The molecule has 0 spiro atoms. The molecule has 0 aromatic carbocycles. The van der Waals surface area contributed by atoms with Crippen LogP contribution in [0.1, 0.15) is 51.3 Å². The van der Waals surface area contributed by atoms with Gasteiger partial charge in [0.05, 0.1) is 18.1 Å². The van der Waals surface area contributed by atoms with Gasteiger partial charge in [-0.25, -0.2) is 9.97 Å². The van der Waals surface area contributed by atoms with E-state index in [1.165, 1.54) is 19.3 Å². The Bertz CT molecular complexity index is 256. The van der Waals surface area contributed by atoms with Gasteiger partial charge in [-0.3, -0.25) is 0 Å². The zero-order valence-electron chi connectivity index (χ0n) is 9.03. The number of unbranched alkanes of at least 4 members (excludes halogenated alkanes) is 2. The number of aromatic nitrogens is 2. The predicted octanol–water partition coefficient (Wildman–Crippen LogP) is 2.74. The molecule has 1 aromatic rings. The van der Waals surface area contributed by atoms with Gasteiger partial charge in [0.1, 0.15) is 5.82 Å². The highest BCUT2D eigenvalue weighted by Gasteiger charge is 2.07. The van der Waals surface area contributed by atoms with E-state index in [4.69, 9.17) is 5.73 Å². The number of nitrogen functional groups attached to an aromatic ring is 1. The third-order valence-corrected chi connectivity index (χ3v) is 2.37. The first kappa shape index (κ1) is 11.0. The van der Waals surface area contributed by atoms with E-state index in [2.05, 4.69) is 23.8 Å². The van der Waals surface area contributed by atoms with Gasteiger partial charge in [0.25, 0.3) is 0 Å². The number of hydrogen-bond acceptors (Lipinski definition) is 3. The number of nitrogens with zero attached hydrogens (tertiary/aromatic N) is 2. The molecule has 1 aromatic heterocycles. The molecule has 1 rings (SSSR count). The summed E-state index contributed by atoms with van der Waals surface area (Å²) in [6, 6.07) is 0. The molecule has 3 heteroatoms. The van der Waals surface area contributed by atoms with Gasteiger partial charge >= 0.3 is 0 Å². The van der Waals surface area contributed by atoms with Crippen LogP contribution in [0.5, 0.6) is 0 Å². The first-order chi connectivity index (χ1) is 6.74. The molecular formula is C11H19N3. The van der Waals surface area contributed by atoms with Crippen molar-refractivity contribution in [2.24, 2.45) is 0 Å². The molecule has 78 valence electrons. The fourth-order valence-corrected chi connectivity index (χ4v) is 1.43. The molecule has 0 aliphatic heterocycles. The van der Waals surface area contributed by atoms with Gasteiger partial charge in [-0.05, 0) is 6.42 Å². The maximum absolute atomic E-state index is 5.52. The molecule has 0 fully saturated rings. The van der Waals surface area contributed by atoms with Crippen LogP contribution in [0.4, 0.5) is 5.69 Å². The first-order valence-electron chi connectivity index (χ1n) is 5.31. The number of nitrogens with two attached hydrogens (primary N) is 1. The summed E-state index contributed by atoms with van der Waals surface area (Å²) in [4.78, 5) is 8.44. The van der Waals surface area contributed by atoms with E-state index in [9.17, 15) is 0 Å². The average Bonchev–Trinajstić information content (AvgIpc) is 2.19. The fourth-order valence-electron chi connectivity index (χ4n) is 1.43. The molecule has 0 bridgehead atoms. The van der Waals surface area contributed by atoms with Crippen molar-refractivity contribution in [3.63, 3.8) is 0 Å². The predicted molar refractivity (Wildman–Crippen MR) is 59.0 cm³/mol. The van der Waals surface area contributed by atoms with E-state index in [-0.39, 0.29) is 0 Å². The summed E-state index contributed by atoms with van der Waals surface area (Å²) in [5.74, 6) is 1.36. The van der Waals surface area contributed by atoms with Gasteiger partial charge in [0.2, 0.25) is 0 Å². The lowest BCUT2D eigenvalue weighted by molar-refractivity contribution is 0.575. The molecule has 0 aliphatic carbocycles. The summed E-state index contributed by atoms with van der Waals surface area (Å²) in [6.45, 7) is 4.38. The van der Waals surface area contributed by atoms with Crippen molar-refractivity contribution >= 4 is 5.69 Å². The van der Waals surface area contributed by atoms with E-state index < -0.39 is 0 Å². The SMILES string of the molecule is CCCCCC(C)c1ncc(N)cn1. The largest absolute Gasteiger partial charge is 0.396 e. The first-order valence-corrected chi connectivity index (χ1v) is 5.31. The Morgan fingerprint density at radius 3 is 2.50 bits per heavy atom. The molecule has 1 heterocycles. The molecule has 1 unspecified atom stereocenters. The van der Waals surface area contributed by atoms with Gasteiger partial charge in [0.15, 0.2) is 0 Å². The normalized spacial score (nSPS) is 12.7. The highest BCUT2D eigenvalue weighted by atomic mass is 14.9. The Labute approximate surface area is 85.8 Å². The highest BCUT2D eigenvalue weighted by molar-refractivity contribution is 5.30. The summed E-state index contributed by atoms with van der Waals surface area (Å²) in [7, 11) is 0. The Hall–Kier alpha value is -1.12. The second kappa shape index (κ2) is 5.58.